The summed E-state index contributed by atoms with van der Waals surface area (Å²) in [4.78, 5) is 13.4. The van der Waals surface area contributed by atoms with Gasteiger partial charge in [-0.1, -0.05) is 6.08 Å². The minimum Gasteiger partial charge on any atom is -0.493 e. The molecule has 9 heteroatoms. The summed E-state index contributed by atoms with van der Waals surface area (Å²) in [6.45, 7) is 3.59. The number of anilines is 1. The molecular formula is C20H23NO6S2. The Hall–Kier alpha value is -2.65. The summed E-state index contributed by atoms with van der Waals surface area (Å²) in [6.07, 6.45) is 3.34. The molecular weight excluding hydrogens is 414 g/mol. The van der Waals surface area contributed by atoms with Crippen LogP contribution < -0.4 is 13.8 Å². The van der Waals surface area contributed by atoms with Gasteiger partial charge in [-0.15, -0.1) is 18.3 Å². The molecule has 7 nitrogen and oxygen atoms in total. The van der Waals surface area contributed by atoms with Crippen LogP contribution in [0.3, 0.4) is 0 Å². The monoisotopic (exact) mass is 437 g/mol. The SMILES string of the molecule is C=CCN(c1cc(OC)c(OC)cc1C(=O)OC)S(=O)(=O)c1ccc(SC)cc1. The van der Waals surface area contributed by atoms with E-state index in [1.807, 2.05) is 6.26 Å². The molecule has 2 aromatic carbocycles. The van der Waals surface area contributed by atoms with Crippen LogP contribution in [0.4, 0.5) is 5.69 Å². The van der Waals surface area contributed by atoms with Crippen LogP contribution in [0.25, 0.3) is 0 Å². The molecule has 156 valence electrons. The first-order valence-electron chi connectivity index (χ1n) is 8.46. The van der Waals surface area contributed by atoms with E-state index in [1.165, 1.54) is 63.4 Å². The van der Waals surface area contributed by atoms with Gasteiger partial charge in [0.1, 0.15) is 0 Å². The average molecular weight is 438 g/mol. The molecule has 0 spiro atoms. The van der Waals surface area contributed by atoms with E-state index in [4.69, 9.17) is 14.2 Å². The predicted molar refractivity (Wildman–Crippen MR) is 114 cm³/mol. The lowest BCUT2D eigenvalue weighted by Gasteiger charge is -2.26. The van der Waals surface area contributed by atoms with Gasteiger partial charge in [-0.2, -0.15) is 0 Å². The average Bonchev–Trinajstić information content (AvgIpc) is 2.75. The number of hydrogen-bond acceptors (Lipinski definition) is 7. The second-order valence-electron chi connectivity index (χ2n) is 5.72. The number of thioether (sulfide) groups is 1. The zero-order valence-corrected chi connectivity index (χ0v) is 18.3. The first kappa shape index (κ1) is 22.6. The number of benzene rings is 2. The van der Waals surface area contributed by atoms with Crippen molar-refractivity contribution < 1.29 is 27.4 Å². The Morgan fingerprint density at radius 1 is 1.10 bits per heavy atom. The molecule has 0 bridgehead atoms. The number of nitrogens with zero attached hydrogens (tertiary/aromatic N) is 1. The Balaban J connectivity index is 2.72. The van der Waals surface area contributed by atoms with Gasteiger partial charge in [0.05, 0.1) is 44.0 Å². The Labute approximate surface area is 175 Å². The maximum Gasteiger partial charge on any atom is 0.340 e. The second-order valence-corrected chi connectivity index (χ2v) is 8.46. The highest BCUT2D eigenvalue weighted by Gasteiger charge is 2.30. The van der Waals surface area contributed by atoms with E-state index >= 15 is 0 Å². The van der Waals surface area contributed by atoms with Crippen LogP contribution in [0.15, 0.2) is 58.8 Å². The van der Waals surface area contributed by atoms with Crippen LogP contribution in [-0.2, 0) is 14.8 Å². The lowest BCUT2D eigenvalue weighted by Crippen LogP contribution is -2.32. The summed E-state index contributed by atoms with van der Waals surface area (Å²) in [5.74, 6) is -0.156. The third-order valence-corrected chi connectivity index (χ3v) is 6.66. The van der Waals surface area contributed by atoms with Crippen molar-refractivity contribution in [3.05, 3.63) is 54.6 Å². The number of carbonyl (C=O) groups is 1. The Morgan fingerprint density at radius 2 is 1.69 bits per heavy atom. The number of carbonyl (C=O) groups excluding carboxylic acids is 1. The zero-order valence-electron chi connectivity index (χ0n) is 16.7. The van der Waals surface area contributed by atoms with E-state index in [2.05, 4.69) is 6.58 Å². The summed E-state index contributed by atoms with van der Waals surface area (Å²) < 4.78 is 43.2. The highest BCUT2D eigenvalue weighted by Crippen LogP contribution is 2.37. The van der Waals surface area contributed by atoms with Gasteiger partial charge < -0.3 is 14.2 Å². The quantitative estimate of drug-likeness (QED) is 0.337. The third-order valence-electron chi connectivity index (χ3n) is 4.12. The van der Waals surface area contributed by atoms with Gasteiger partial charge in [0.25, 0.3) is 10.0 Å². The molecule has 0 amide bonds. The van der Waals surface area contributed by atoms with Crippen molar-refractivity contribution in [1.29, 1.82) is 0 Å². The van der Waals surface area contributed by atoms with Gasteiger partial charge in [-0.3, -0.25) is 4.31 Å². The van der Waals surface area contributed by atoms with Crippen LogP contribution in [-0.4, -0.2) is 48.5 Å². The normalized spacial score (nSPS) is 10.9. The molecule has 2 rings (SSSR count). The Kier molecular flexibility index (Phi) is 7.58. The first-order valence-corrected chi connectivity index (χ1v) is 11.1. The van der Waals surface area contributed by atoms with E-state index in [1.54, 1.807) is 12.1 Å². The minimum absolute atomic E-state index is 0.0244. The fraction of sp³-hybridized carbons (Fsp3) is 0.250. The summed E-state index contributed by atoms with van der Waals surface area (Å²) in [7, 11) is 0.0615. The van der Waals surface area contributed by atoms with Crippen LogP contribution in [0.1, 0.15) is 10.4 Å². The molecule has 29 heavy (non-hydrogen) atoms. The smallest absolute Gasteiger partial charge is 0.340 e. The third kappa shape index (κ3) is 4.68. The number of hydrogen-bond donors (Lipinski definition) is 0. The lowest BCUT2D eigenvalue weighted by molar-refractivity contribution is 0.0601. The molecule has 0 fully saturated rings. The standard InChI is InChI=1S/C20H23NO6S2/c1-6-11-21(29(23,24)15-9-7-14(28-5)8-10-15)17-13-19(26-3)18(25-2)12-16(17)20(22)27-4/h6-10,12-13H,1,11H2,2-5H3. The predicted octanol–water partition coefficient (Wildman–Crippen LogP) is 3.59. The summed E-state index contributed by atoms with van der Waals surface area (Å²) in [5, 5.41) is 0. The maximum absolute atomic E-state index is 13.4. The van der Waals surface area contributed by atoms with E-state index in [0.29, 0.717) is 0 Å². The van der Waals surface area contributed by atoms with Crippen molar-refractivity contribution in [2.24, 2.45) is 0 Å². The highest BCUT2D eigenvalue weighted by atomic mass is 32.2. The number of ether oxygens (including phenoxy) is 3. The fourth-order valence-corrected chi connectivity index (χ4v) is 4.52. The number of rotatable bonds is 9. The van der Waals surface area contributed by atoms with Crippen LogP contribution in [0.2, 0.25) is 0 Å². The largest absolute Gasteiger partial charge is 0.493 e. The van der Waals surface area contributed by atoms with Gasteiger partial charge in [0, 0.05) is 17.0 Å². The summed E-state index contributed by atoms with van der Waals surface area (Å²) in [5.41, 5.74) is 0.125. The molecule has 0 saturated carbocycles. The Bertz CT molecular complexity index is 987. The summed E-state index contributed by atoms with van der Waals surface area (Å²) >= 11 is 1.51. The van der Waals surface area contributed by atoms with Gasteiger partial charge >= 0.3 is 5.97 Å². The number of methoxy groups -OCH3 is 3. The molecule has 0 unspecified atom stereocenters. The maximum atomic E-state index is 13.4. The van der Waals surface area contributed by atoms with E-state index in [0.717, 1.165) is 9.20 Å². The first-order chi connectivity index (χ1) is 13.8. The highest BCUT2D eigenvalue weighted by molar-refractivity contribution is 7.98. The summed E-state index contributed by atoms with van der Waals surface area (Å²) in [6, 6.07) is 9.31. The molecule has 0 N–H and O–H groups in total. The van der Waals surface area contributed by atoms with Crippen molar-refractivity contribution in [2.45, 2.75) is 9.79 Å². The molecule has 0 aliphatic heterocycles. The van der Waals surface area contributed by atoms with Gasteiger partial charge in [0.15, 0.2) is 11.5 Å². The van der Waals surface area contributed by atoms with Gasteiger partial charge in [0.2, 0.25) is 0 Å². The molecule has 0 saturated heterocycles. The van der Waals surface area contributed by atoms with Crippen LogP contribution in [0, 0.1) is 0 Å². The zero-order chi connectivity index (χ0) is 21.6. The van der Waals surface area contributed by atoms with E-state index < -0.39 is 16.0 Å². The number of esters is 1. The molecule has 0 aromatic heterocycles. The molecule has 0 heterocycles. The van der Waals surface area contributed by atoms with Crippen molar-refractivity contribution in [1.82, 2.24) is 0 Å². The van der Waals surface area contributed by atoms with E-state index in [9.17, 15) is 13.2 Å². The lowest BCUT2D eigenvalue weighted by atomic mass is 10.1. The molecule has 0 atom stereocenters. The molecule has 2 aromatic rings. The van der Waals surface area contributed by atoms with Crippen molar-refractivity contribution in [2.75, 3.05) is 38.4 Å². The van der Waals surface area contributed by atoms with Crippen LogP contribution >= 0.6 is 11.8 Å². The van der Waals surface area contributed by atoms with Crippen molar-refractivity contribution in [3.8, 4) is 11.5 Å². The fourth-order valence-electron chi connectivity index (χ4n) is 2.67. The molecule has 0 radical (unpaired) electrons. The van der Waals surface area contributed by atoms with Crippen molar-refractivity contribution in [3.63, 3.8) is 0 Å². The van der Waals surface area contributed by atoms with Gasteiger partial charge in [-0.05, 0) is 30.5 Å². The van der Waals surface area contributed by atoms with Crippen LogP contribution in [0.5, 0.6) is 11.5 Å². The second kappa shape index (κ2) is 9.71. The minimum atomic E-state index is -4.00. The number of sulfonamides is 1. The van der Waals surface area contributed by atoms with Crippen molar-refractivity contribution >= 4 is 33.4 Å². The topological polar surface area (TPSA) is 82.1 Å². The van der Waals surface area contributed by atoms with E-state index in [-0.39, 0.29) is 34.2 Å². The van der Waals surface area contributed by atoms with Gasteiger partial charge in [-0.25, -0.2) is 13.2 Å². The molecule has 0 aliphatic carbocycles. The molecule has 0 aliphatic rings. The Morgan fingerprint density at radius 3 is 2.17 bits per heavy atom.